The molecule has 20 heavy (non-hydrogen) atoms. The highest BCUT2D eigenvalue weighted by Crippen LogP contribution is 2.28. The molecular weight excluding hydrogens is 256 g/mol. The first kappa shape index (κ1) is 14.4. The van der Waals surface area contributed by atoms with Crippen molar-refractivity contribution in [3.8, 4) is 0 Å². The van der Waals surface area contributed by atoms with Crippen molar-refractivity contribution in [2.45, 2.75) is 44.2 Å². The van der Waals surface area contributed by atoms with Crippen LogP contribution in [0.4, 0.5) is 4.79 Å². The number of hydrogen-bond donors (Lipinski definition) is 3. The first-order chi connectivity index (χ1) is 9.50. The molecule has 0 aromatic heterocycles. The van der Waals surface area contributed by atoms with Crippen molar-refractivity contribution >= 4 is 12.0 Å². The first-order valence-corrected chi connectivity index (χ1v) is 6.87. The summed E-state index contributed by atoms with van der Waals surface area (Å²) in [6.45, 7) is 2.00. The van der Waals surface area contributed by atoms with E-state index in [1.165, 1.54) is 0 Å². The van der Waals surface area contributed by atoms with Crippen LogP contribution in [0.15, 0.2) is 30.3 Å². The molecule has 5 heteroatoms. The smallest absolute Gasteiger partial charge is 0.330 e. The van der Waals surface area contributed by atoms with Crippen molar-refractivity contribution in [1.29, 1.82) is 0 Å². The van der Waals surface area contributed by atoms with Gasteiger partial charge in [-0.25, -0.2) is 9.59 Å². The molecule has 0 radical (unpaired) electrons. The van der Waals surface area contributed by atoms with Gasteiger partial charge in [0.05, 0.1) is 0 Å². The fraction of sp³-hybridized carbons (Fsp3) is 0.467. The third-order valence-electron chi connectivity index (χ3n) is 3.78. The van der Waals surface area contributed by atoms with Crippen LogP contribution in [0.25, 0.3) is 0 Å². The van der Waals surface area contributed by atoms with E-state index in [1.54, 1.807) is 24.3 Å². The summed E-state index contributed by atoms with van der Waals surface area (Å²) in [6.07, 6.45) is 4.06. The lowest BCUT2D eigenvalue weighted by Gasteiger charge is -2.26. The molecule has 0 heterocycles. The van der Waals surface area contributed by atoms with Crippen molar-refractivity contribution in [2.24, 2.45) is 0 Å². The third-order valence-corrected chi connectivity index (χ3v) is 3.78. The van der Waals surface area contributed by atoms with Gasteiger partial charge in [0.2, 0.25) is 0 Å². The molecular formula is C15H20N2O3. The molecule has 0 aliphatic heterocycles. The maximum Gasteiger partial charge on any atom is 0.330 e. The SMILES string of the molecule is CC1(NC(=O)NC(C(=O)O)c2ccccc2)CCCC1. The van der Waals surface area contributed by atoms with Gasteiger partial charge in [0.15, 0.2) is 6.04 Å². The number of hydrogen-bond acceptors (Lipinski definition) is 2. The number of nitrogens with one attached hydrogen (secondary N) is 2. The second kappa shape index (κ2) is 5.94. The number of benzene rings is 1. The van der Waals surface area contributed by atoms with E-state index in [4.69, 9.17) is 0 Å². The summed E-state index contributed by atoms with van der Waals surface area (Å²) in [5.74, 6) is -1.07. The van der Waals surface area contributed by atoms with Gasteiger partial charge in [-0.1, -0.05) is 43.2 Å². The van der Waals surface area contributed by atoms with Crippen LogP contribution in [0.1, 0.15) is 44.2 Å². The van der Waals surface area contributed by atoms with E-state index in [9.17, 15) is 14.7 Å². The number of amides is 2. The zero-order chi connectivity index (χ0) is 14.6. The van der Waals surface area contributed by atoms with Gasteiger partial charge in [0.1, 0.15) is 0 Å². The molecule has 1 saturated carbocycles. The summed E-state index contributed by atoms with van der Waals surface area (Å²) in [4.78, 5) is 23.3. The molecule has 1 aromatic rings. The number of urea groups is 1. The van der Waals surface area contributed by atoms with E-state index >= 15 is 0 Å². The number of aliphatic carboxylic acids is 1. The summed E-state index contributed by atoms with van der Waals surface area (Å²) in [7, 11) is 0. The number of carbonyl (C=O) groups excluding carboxylic acids is 1. The zero-order valence-electron chi connectivity index (χ0n) is 11.6. The molecule has 1 unspecified atom stereocenters. The van der Waals surface area contributed by atoms with Crippen LogP contribution >= 0.6 is 0 Å². The van der Waals surface area contributed by atoms with Gasteiger partial charge in [-0.05, 0) is 25.3 Å². The van der Waals surface area contributed by atoms with E-state index in [-0.39, 0.29) is 5.54 Å². The van der Waals surface area contributed by atoms with Crippen molar-refractivity contribution in [3.63, 3.8) is 0 Å². The van der Waals surface area contributed by atoms with E-state index in [0.717, 1.165) is 25.7 Å². The summed E-state index contributed by atoms with van der Waals surface area (Å²) < 4.78 is 0. The van der Waals surface area contributed by atoms with Gasteiger partial charge in [-0.2, -0.15) is 0 Å². The molecule has 1 atom stereocenters. The van der Waals surface area contributed by atoms with Crippen LogP contribution in [-0.2, 0) is 4.79 Å². The van der Waals surface area contributed by atoms with Gasteiger partial charge in [0, 0.05) is 5.54 Å². The summed E-state index contributed by atoms with van der Waals surface area (Å²) in [5, 5.41) is 14.7. The van der Waals surface area contributed by atoms with Gasteiger partial charge < -0.3 is 15.7 Å². The summed E-state index contributed by atoms with van der Waals surface area (Å²) in [6, 6.07) is 7.24. The van der Waals surface area contributed by atoms with Gasteiger partial charge >= 0.3 is 12.0 Å². The monoisotopic (exact) mass is 276 g/mol. The fourth-order valence-corrected chi connectivity index (χ4v) is 2.65. The van der Waals surface area contributed by atoms with Crippen molar-refractivity contribution in [3.05, 3.63) is 35.9 Å². The van der Waals surface area contributed by atoms with E-state index < -0.39 is 18.0 Å². The largest absolute Gasteiger partial charge is 0.479 e. The minimum atomic E-state index is -1.07. The van der Waals surface area contributed by atoms with Crippen LogP contribution in [-0.4, -0.2) is 22.6 Å². The first-order valence-electron chi connectivity index (χ1n) is 6.87. The molecule has 1 aliphatic carbocycles. The molecule has 108 valence electrons. The standard InChI is InChI=1S/C15H20N2O3/c1-15(9-5-6-10-15)17-14(20)16-12(13(18)19)11-7-3-2-4-8-11/h2-4,7-8,12H,5-6,9-10H2,1H3,(H,18,19)(H2,16,17,20). The Labute approximate surface area is 118 Å². The van der Waals surface area contributed by atoms with Crippen molar-refractivity contribution < 1.29 is 14.7 Å². The molecule has 5 nitrogen and oxygen atoms in total. The van der Waals surface area contributed by atoms with Crippen LogP contribution in [0.5, 0.6) is 0 Å². The molecule has 2 amide bonds. The zero-order valence-corrected chi connectivity index (χ0v) is 11.6. The van der Waals surface area contributed by atoms with Crippen molar-refractivity contribution in [1.82, 2.24) is 10.6 Å². The lowest BCUT2D eigenvalue weighted by atomic mass is 10.0. The lowest BCUT2D eigenvalue weighted by molar-refractivity contribution is -0.139. The number of rotatable bonds is 4. The Balaban J connectivity index is 2.02. The van der Waals surface area contributed by atoms with Gasteiger partial charge in [-0.15, -0.1) is 0 Å². The highest BCUT2D eigenvalue weighted by Gasteiger charge is 2.31. The quantitative estimate of drug-likeness (QED) is 0.790. The Morgan fingerprint density at radius 1 is 1.20 bits per heavy atom. The van der Waals surface area contributed by atoms with Crippen LogP contribution in [0.2, 0.25) is 0 Å². The fourth-order valence-electron chi connectivity index (χ4n) is 2.65. The average Bonchev–Trinajstić information content (AvgIpc) is 2.83. The minimum absolute atomic E-state index is 0.218. The summed E-state index contributed by atoms with van der Waals surface area (Å²) in [5.41, 5.74) is 0.343. The van der Waals surface area contributed by atoms with Crippen LogP contribution < -0.4 is 10.6 Å². The molecule has 0 spiro atoms. The topological polar surface area (TPSA) is 78.4 Å². The summed E-state index contributed by atoms with van der Waals surface area (Å²) >= 11 is 0. The minimum Gasteiger partial charge on any atom is -0.479 e. The Bertz CT molecular complexity index is 481. The Hall–Kier alpha value is -2.04. The van der Waals surface area contributed by atoms with Crippen LogP contribution in [0.3, 0.4) is 0 Å². The average molecular weight is 276 g/mol. The number of carbonyl (C=O) groups is 2. The molecule has 3 N–H and O–H groups in total. The maximum absolute atomic E-state index is 12.0. The predicted octanol–water partition coefficient (Wildman–Crippen LogP) is 2.44. The molecule has 0 bridgehead atoms. The molecule has 1 fully saturated rings. The second-order valence-corrected chi connectivity index (χ2v) is 5.55. The van der Waals surface area contributed by atoms with E-state index in [2.05, 4.69) is 10.6 Å². The molecule has 0 saturated heterocycles. The van der Waals surface area contributed by atoms with E-state index in [0.29, 0.717) is 5.56 Å². The lowest BCUT2D eigenvalue weighted by Crippen LogP contribution is -2.50. The third kappa shape index (κ3) is 3.50. The number of carboxylic acids is 1. The highest BCUT2D eigenvalue weighted by atomic mass is 16.4. The molecule has 1 aromatic carbocycles. The van der Waals surface area contributed by atoms with Crippen molar-refractivity contribution in [2.75, 3.05) is 0 Å². The molecule has 1 aliphatic rings. The van der Waals surface area contributed by atoms with Gasteiger partial charge in [-0.3, -0.25) is 0 Å². The molecule has 2 rings (SSSR count). The second-order valence-electron chi connectivity index (χ2n) is 5.55. The maximum atomic E-state index is 12.0. The van der Waals surface area contributed by atoms with Gasteiger partial charge in [0.25, 0.3) is 0 Å². The van der Waals surface area contributed by atoms with Crippen LogP contribution in [0, 0.1) is 0 Å². The predicted molar refractivity (Wildman–Crippen MR) is 75.4 cm³/mol. The Morgan fingerprint density at radius 3 is 2.35 bits per heavy atom. The Kier molecular flexibility index (Phi) is 4.27. The van der Waals surface area contributed by atoms with E-state index in [1.807, 2.05) is 13.0 Å². The Morgan fingerprint density at radius 2 is 1.80 bits per heavy atom. The normalized spacial score (nSPS) is 18.2. The highest BCUT2D eigenvalue weighted by molar-refractivity contribution is 5.84. The number of carboxylic acid groups (broad SMARTS) is 1.